The number of aromatic nitrogens is 1. The quantitative estimate of drug-likeness (QED) is 0.709. The van der Waals surface area contributed by atoms with Crippen molar-refractivity contribution >= 4 is 17.5 Å². The molecule has 1 fully saturated rings. The second-order valence-electron chi connectivity index (χ2n) is 8.33. The number of hydrogen-bond acceptors (Lipinski definition) is 4. The number of benzene rings is 1. The summed E-state index contributed by atoms with van der Waals surface area (Å²) in [4.78, 5) is 39.1. The Morgan fingerprint density at radius 1 is 1.03 bits per heavy atom. The lowest BCUT2D eigenvalue weighted by Crippen LogP contribution is -2.49. The van der Waals surface area contributed by atoms with Gasteiger partial charge in [0.2, 0.25) is 5.91 Å². The van der Waals surface area contributed by atoms with Crippen molar-refractivity contribution in [2.24, 2.45) is 5.92 Å². The zero-order valence-electron chi connectivity index (χ0n) is 17.2. The number of amides is 2. The van der Waals surface area contributed by atoms with Gasteiger partial charge in [-0.25, -0.2) is 0 Å². The first kappa shape index (κ1) is 19.4. The molecule has 2 aliphatic rings. The molecule has 0 aliphatic carbocycles. The number of hydrogen-bond donors (Lipinski definition) is 1. The van der Waals surface area contributed by atoms with Crippen LogP contribution in [0.25, 0.3) is 11.1 Å². The van der Waals surface area contributed by atoms with Crippen molar-refractivity contribution in [3.8, 4) is 11.1 Å². The Kier molecular flexibility index (Phi) is 4.73. The van der Waals surface area contributed by atoms with Gasteiger partial charge in [0.1, 0.15) is 0 Å². The summed E-state index contributed by atoms with van der Waals surface area (Å²) in [6, 6.07) is 14.6. The molecule has 1 saturated heterocycles. The molecule has 2 aliphatic heterocycles. The third-order valence-corrected chi connectivity index (χ3v) is 6.14. The Labute approximate surface area is 179 Å². The Balaban J connectivity index is 1.43. The van der Waals surface area contributed by atoms with Gasteiger partial charge < -0.3 is 19.2 Å². The molecule has 0 spiro atoms. The number of nitrogens with one attached hydrogen (secondary N) is 1. The summed E-state index contributed by atoms with van der Waals surface area (Å²) in [6.07, 6.45) is 2.49. The van der Waals surface area contributed by atoms with Gasteiger partial charge in [0, 0.05) is 49.4 Å². The number of piperidine rings is 1. The molecule has 2 aromatic heterocycles. The van der Waals surface area contributed by atoms with Crippen LogP contribution in [-0.4, -0.2) is 34.4 Å². The van der Waals surface area contributed by atoms with Crippen molar-refractivity contribution in [2.45, 2.75) is 25.8 Å². The van der Waals surface area contributed by atoms with Crippen molar-refractivity contribution in [3.05, 3.63) is 76.6 Å². The zero-order valence-corrected chi connectivity index (χ0v) is 17.2. The number of anilines is 1. The van der Waals surface area contributed by atoms with Crippen LogP contribution in [0.5, 0.6) is 0 Å². The third kappa shape index (κ3) is 3.56. The lowest BCUT2D eigenvalue weighted by Gasteiger charge is -2.42. The number of likely N-dealkylation sites (tertiary alicyclic amines) is 1. The molecule has 0 radical (unpaired) electrons. The van der Waals surface area contributed by atoms with E-state index in [2.05, 4.69) is 5.32 Å². The highest BCUT2D eigenvalue weighted by Crippen LogP contribution is 2.36. The predicted octanol–water partition coefficient (Wildman–Crippen LogP) is 3.33. The maximum atomic E-state index is 13.3. The summed E-state index contributed by atoms with van der Waals surface area (Å²) >= 11 is 0. The largest absolute Gasteiger partial charge is 0.459 e. The molecule has 7 heteroatoms. The minimum atomic E-state index is -0.132. The van der Waals surface area contributed by atoms with Crippen LogP contribution in [0, 0.1) is 5.92 Å². The van der Waals surface area contributed by atoms with Crippen LogP contribution in [0.4, 0.5) is 5.69 Å². The van der Waals surface area contributed by atoms with E-state index in [1.165, 1.54) is 13.2 Å². The van der Waals surface area contributed by atoms with Gasteiger partial charge in [-0.2, -0.15) is 0 Å². The van der Waals surface area contributed by atoms with Crippen LogP contribution >= 0.6 is 0 Å². The van der Waals surface area contributed by atoms with Gasteiger partial charge >= 0.3 is 0 Å². The molecular weight excluding hydrogens is 394 g/mol. The fourth-order valence-corrected chi connectivity index (χ4v) is 4.82. The highest BCUT2D eigenvalue weighted by molar-refractivity contribution is 5.91. The number of carbonyl (C=O) groups excluding carboxylic acids is 2. The molecule has 31 heavy (non-hydrogen) atoms. The maximum Gasteiger partial charge on any atom is 0.289 e. The predicted molar refractivity (Wildman–Crippen MR) is 116 cm³/mol. The zero-order chi connectivity index (χ0) is 21.5. The first-order valence-corrected chi connectivity index (χ1v) is 10.4. The van der Waals surface area contributed by atoms with E-state index in [1.54, 1.807) is 24.3 Å². The second-order valence-corrected chi connectivity index (χ2v) is 8.33. The third-order valence-electron chi connectivity index (χ3n) is 6.14. The summed E-state index contributed by atoms with van der Waals surface area (Å²) < 4.78 is 7.16. The molecule has 7 nitrogen and oxygen atoms in total. The van der Waals surface area contributed by atoms with Crippen molar-refractivity contribution in [1.29, 1.82) is 0 Å². The van der Waals surface area contributed by atoms with Gasteiger partial charge in [0.05, 0.1) is 6.26 Å². The molecule has 1 N–H and O–H groups in total. The lowest BCUT2D eigenvalue weighted by molar-refractivity contribution is -0.114. The number of pyridine rings is 1. The number of carbonyl (C=O) groups is 2. The Hall–Kier alpha value is -3.61. The van der Waals surface area contributed by atoms with Crippen LogP contribution in [0.15, 0.2) is 64.0 Å². The molecule has 0 saturated carbocycles. The van der Waals surface area contributed by atoms with Crippen LogP contribution in [0.2, 0.25) is 0 Å². The van der Waals surface area contributed by atoms with E-state index in [1.807, 2.05) is 33.7 Å². The number of rotatable bonds is 3. The molecule has 3 aromatic rings. The summed E-state index contributed by atoms with van der Waals surface area (Å²) in [6.45, 7) is 3.27. The highest BCUT2D eigenvalue weighted by atomic mass is 16.3. The minimum Gasteiger partial charge on any atom is -0.459 e. The van der Waals surface area contributed by atoms with Gasteiger partial charge in [0.15, 0.2) is 5.76 Å². The Morgan fingerprint density at radius 3 is 2.55 bits per heavy atom. The van der Waals surface area contributed by atoms with Crippen LogP contribution < -0.4 is 10.9 Å². The number of furan rings is 1. The van der Waals surface area contributed by atoms with Gasteiger partial charge in [-0.15, -0.1) is 0 Å². The molecule has 5 rings (SSSR count). The smallest absolute Gasteiger partial charge is 0.289 e. The molecule has 0 unspecified atom stereocenters. The summed E-state index contributed by atoms with van der Waals surface area (Å²) in [7, 11) is 0. The normalized spacial score (nSPS) is 19.6. The number of fused-ring (bicyclic) bond motifs is 4. The van der Waals surface area contributed by atoms with Gasteiger partial charge in [-0.05, 0) is 54.3 Å². The van der Waals surface area contributed by atoms with E-state index >= 15 is 0 Å². The first-order valence-electron chi connectivity index (χ1n) is 10.4. The van der Waals surface area contributed by atoms with Gasteiger partial charge in [0.25, 0.3) is 11.5 Å². The number of nitrogens with zero attached hydrogens (tertiary/aromatic N) is 2. The molecule has 2 bridgehead atoms. The molecule has 4 heterocycles. The topological polar surface area (TPSA) is 84.5 Å². The van der Waals surface area contributed by atoms with Crippen molar-refractivity contribution in [2.75, 3.05) is 18.4 Å². The van der Waals surface area contributed by atoms with Crippen molar-refractivity contribution in [1.82, 2.24) is 9.47 Å². The molecule has 158 valence electrons. The summed E-state index contributed by atoms with van der Waals surface area (Å²) in [5.41, 5.74) is 3.13. The summed E-state index contributed by atoms with van der Waals surface area (Å²) in [5.74, 6) is 0.505. The molecular formula is C24H23N3O4. The van der Waals surface area contributed by atoms with Crippen molar-refractivity contribution in [3.63, 3.8) is 0 Å². The average Bonchev–Trinajstić information content (AvgIpc) is 3.29. The van der Waals surface area contributed by atoms with Crippen LogP contribution in [0.1, 0.15) is 35.5 Å². The first-order chi connectivity index (χ1) is 15.0. The van der Waals surface area contributed by atoms with E-state index < -0.39 is 0 Å². The van der Waals surface area contributed by atoms with E-state index in [4.69, 9.17) is 4.42 Å². The highest BCUT2D eigenvalue weighted by Gasteiger charge is 2.37. The van der Waals surface area contributed by atoms with Gasteiger partial charge in [-0.3, -0.25) is 14.4 Å². The van der Waals surface area contributed by atoms with Crippen molar-refractivity contribution < 1.29 is 14.0 Å². The lowest BCUT2D eigenvalue weighted by atomic mass is 9.82. The summed E-state index contributed by atoms with van der Waals surface area (Å²) in [5, 5.41) is 2.74. The standard InChI is InChI=1S/C24H23N3O4/c1-15(28)25-19-6-4-17(5-7-19)20-8-9-21-18-11-16(13-27(21)23(20)29)12-26(14-18)24(30)22-3-2-10-31-22/h2-10,16,18H,11-14H2,1H3,(H,25,28)/t16-,18+/m0/s1. The van der Waals surface area contributed by atoms with Crippen LogP contribution in [0.3, 0.4) is 0 Å². The van der Waals surface area contributed by atoms with Crippen LogP contribution in [-0.2, 0) is 11.3 Å². The average molecular weight is 417 g/mol. The molecule has 2 atom stereocenters. The monoisotopic (exact) mass is 417 g/mol. The minimum absolute atomic E-state index is 0.00899. The fourth-order valence-electron chi connectivity index (χ4n) is 4.82. The fraction of sp³-hybridized carbons (Fsp3) is 0.292. The molecule has 1 aromatic carbocycles. The van der Waals surface area contributed by atoms with Gasteiger partial charge in [-0.1, -0.05) is 12.1 Å². The Bertz CT molecular complexity index is 1190. The van der Waals surface area contributed by atoms with E-state index in [-0.39, 0.29) is 29.2 Å². The second kappa shape index (κ2) is 7.58. The SMILES string of the molecule is CC(=O)Nc1ccc(-c2ccc3n(c2=O)C[C@H]2C[C@@H]3CN(C(=O)c3ccco3)C2)cc1. The maximum absolute atomic E-state index is 13.3. The van der Waals surface area contributed by atoms with E-state index in [0.29, 0.717) is 36.6 Å². The molecule has 2 amide bonds. The van der Waals surface area contributed by atoms with E-state index in [9.17, 15) is 14.4 Å². The van der Waals surface area contributed by atoms with E-state index in [0.717, 1.165) is 17.7 Å². The Morgan fingerprint density at radius 2 is 1.84 bits per heavy atom.